The number of nitrogens with zero attached hydrogens (tertiary/aromatic N) is 1. The van der Waals surface area contributed by atoms with Crippen LogP contribution in [-0.2, 0) is 4.79 Å². The van der Waals surface area contributed by atoms with Gasteiger partial charge in [0.05, 0.1) is 17.2 Å². The highest BCUT2D eigenvalue weighted by Gasteiger charge is 2.47. The van der Waals surface area contributed by atoms with E-state index in [0.717, 1.165) is 11.1 Å². The number of ketones is 1. The molecule has 0 radical (unpaired) electrons. The van der Waals surface area contributed by atoms with Crippen LogP contribution in [0.1, 0.15) is 34.3 Å². The summed E-state index contributed by atoms with van der Waals surface area (Å²) in [4.78, 5) is 29.4. The number of rotatable bonds is 2. The van der Waals surface area contributed by atoms with Crippen LogP contribution in [0.2, 0.25) is 0 Å². The maximum Gasteiger partial charge on any atom is 0.334 e. The first-order valence-corrected chi connectivity index (χ1v) is 7.81. The van der Waals surface area contributed by atoms with E-state index < -0.39 is 17.8 Å². The van der Waals surface area contributed by atoms with Crippen LogP contribution in [0.25, 0.3) is 0 Å². The molecule has 1 aliphatic heterocycles. The number of hydrogen-bond acceptors (Lipinski definition) is 3. The van der Waals surface area contributed by atoms with Gasteiger partial charge in [-0.3, -0.25) is 9.79 Å². The molecule has 118 valence electrons. The van der Waals surface area contributed by atoms with Crippen molar-refractivity contribution in [3.8, 4) is 0 Å². The van der Waals surface area contributed by atoms with E-state index in [0.29, 0.717) is 17.0 Å². The summed E-state index contributed by atoms with van der Waals surface area (Å²) >= 11 is 0. The molecule has 2 aliphatic rings. The fourth-order valence-corrected chi connectivity index (χ4v) is 3.76. The molecule has 4 rings (SSSR count). The molecule has 0 fully saturated rings. The summed E-state index contributed by atoms with van der Waals surface area (Å²) in [6, 6.07) is 16.7. The van der Waals surface area contributed by atoms with Crippen molar-refractivity contribution in [3.05, 3.63) is 82.6 Å². The lowest BCUT2D eigenvalue weighted by Crippen LogP contribution is -2.32. The van der Waals surface area contributed by atoms with Crippen LogP contribution in [-0.4, -0.2) is 22.6 Å². The summed E-state index contributed by atoms with van der Waals surface area (Å²) in [6.45, 7) is 1.70. The van der Waals surface area contributed by atoms with Crippen molar-refractivity contribution < 1.29 is 14.7 Å². The highest BCUT2D eigenvalue weighted by Crippen LogP contribution is 2.45. The minimum Gasteiger partial charge on any atom is -0.478 e. The van der Waals surface area contributed by atoms with Gasteiger partial charge in [-0.15, -0.1) is 0 Å². The number of aliphatic imine (C=N–C) groups is 1. The van der Waals surface area contributed by atoms with Crippen molar-refractivity contribution in [2.45, 2.75) is 12.8 Å². The molecule has 2 unspecified atom stereocenters. The Morgan fingerprint density at radius 2 is 1.58 bits per heavy atom. The topological polar surface area (TPSA) is 66.7 Å². The number of carboxylic acids is 1. The molecule has 2 atom stereocenters. The van der Waals surface area contributed by atoms with Gasteiger partial charge < -0.3 is 5.11 Å². The van der Waals surface area contributed by atoms with E-state index in [1.165, 1.54) is 0 Å². The van der Waals surface area contributed by atoms with Crippen LogP contribution in [0.5, 0.6) is 0 Å². The smallest absolute Gasteiger partial charge is 0.334 e. The Hall–Kier alpha value is -3.01. The fraction of sp³-hybridized carbons (Fsp3) is 0.150. The molecule has 0 saturated carbocycles. The third kappa shape index (κ3) is 1.96. The lowest BCUT2D eigenvalue weighted by atomic mass is 9.75. The molecule has 1 N–H and O–H groups in total. The van der Waals surface area contributed by atoms with Crippen molar-refractivity contribution >= 4 is 17.5 Å². The van der Waals surface area contributed by atoms with E-state index in [9.17, 15) is 14.7 Å². The first-order valence-electron chi connectivity index (χ1n) is 7.81. The molecule has 0 bridgehead atoms. The average Bonchev–Trinajstić information content (AvgIpc) is 2.87. The molecule has 0 spiro atoms. The minimum absolute atomic E-state index is 0.0514. The van der Waals surface area contributed by atoms with Gasteiger partial charge in [-0.2, -0.15) is 0 Å². The number of benzene rings is 2. The second kappa shape index (κ2) is 5.27. The standard InChI is InChI=1S/C20H15NO3/c1-11-15(20(23)24)16(12-7-3-2-4-8-12)17-18(21-11)13-9-5-6-10-14(13)19(17)22/h2-10,16-17H,1H3,(H,23,24). The fourth-order valence-electron chi connectivity index (χ4n) is 3.76. The normalized spacial score (nSPS) is 22.0. The van der Waals surface area contributed by atoms with Gasteiger partial charge in [0.15, 0.2) is 5.78 Å². The molecule has 2 aromatic carbocycles. The van der Waals surface area contributed by atoms with Crippen molar-refractivity contribution in [2.24, 2.45) is 10.9 Å². The van der Waals surface area contributed by atoms with Gasteiger partial charge in [-0.1, -0.05) is 54.6 Å². The lowest BCUT2D eigenvalue weighted by Gasteiger charge is -2.29. The first-order chi connectivity index (χ1) is 11.6. The highest BCUT2D eigenvalue weighted by molar-refractivity contribution is 6.30. The largest absolute Gasteiger partial charge is 0.478 e. The van der Waals surface area contributed by atoms with Gasteiger partial charge in [-0.05, 0) is 12.5 Å². The van der Waals surface area contributed by atoms with E-state index in [4.69, 9.17) is 0 Å². The van der Waals surface area contributed by atoms with E-state index in [2.05, 4.69) is 4.99 Å². The van der Waals surface area contributed by atoms with Gasteiger partial charge >= 0.3 is 5.97 Å². The quantitative estimate of drug-likeness (QED) is 0.922. The Balaban J connectivity index is 1.98. The Morgan fingerprint density at radius 3 is 2.25 bits per heavy atom. The second-order valence-corrected chi connectivity index (χ2v) is 6.08. The van der Waals surface area contributed by atoms with Crippen LogP contribution in [0, 0.1) is 5.92 Å². The Morgan fingerprint density at radius 1 is 0.958 bits per heavy atom. The third-order valence-corrected chi connectivity index (χ3v) is 4.76. The van der Waals surface area contributed by atoms with Crippen LogP contribution < -0.4 is 0 Å². The second-order valence-electron chi connectivity index (χ2n) is 6.08. The zero-order chi connectivity index (χ0) is 16.8. The zero-order valence-corrected chi connectivity index (χ0v) is 13.1. The Kier molecular flexibility index (Phi) is 3.20. The van der Waals surface area contributed by atoms with E-state index in [1.807, 2.05) is 48.5 Å². The van der Waals surface area contributed by atoms with E-state index in [1.54, 1.807) is 13.0 Å². The maximum absolute atomic E-state index is 13.0. The third-order valence-electron chi connectivity index (χ3n) is 4.76. The Labute approximate surface area is 139 Å². The van der Waals surface area contributed by atoms with Crippen LogP contribution in [0.15, 0.2) is 70.9 Å². The molecule has 0 amide bonds. The lowest BCUT2D eigenvalue weighted by molar-refractivity contribution is -0.133. The predicted octanol–water partition coefficient (Wildman–Crippen LogP) is 3.44. The predicted molar refractivity (Wildman–Crippen MR) is 90.3 cm³/mol. The minimum atomic E-state index is -1.02. The number of hydrogen-bond donors (Lipinski definition) is 1. The molecular formula is C20H15NO3. The number of carbonyl (C=O) groups is 2. The van der Waals surface area contributed by atoms with Crippen molar-refractivity contribution in [1.29, 1.82) is 0 Å². The van der Waals surface area contributed by atoms with Crippen LogP contribution in [0.4, 0.5) is 0 Å². The Bertz CT molecular complexity index is 925. The van der Waals surface area contributed by atoms with Gasteiger partial charge in [0.1, 0.15) is 0 Å². The van der Waals surface area contributed by atoms with Crippen LogP contribution >= 0.6 is 0 Å². The summed E-state index contributed by atoms with van der Waals surface area (Å²) in [5, 5.41) is 9.73. The van der Waals surface area contributed by atoms with Gasteiger partial charge in [-0.25, -0.2) is 4.79 Å². The molecule has 24 heavy (non-hydrogen) atoms. The summed E-state index contributed by atoms with van der Waals surface area (Å²) in [5.41, 5.74) is 3.63. The van der Waals surface area contributed by atoms with Crippen molar-refractivity contribution in [2.75, 3.05) is 0 Å². The zero-order valence-electron chi connectivity index (χ0n) is 13.1. The maximum atomic E-state index is 13.0. The van der Waals surface area contributed by atoms with Gasteiger partial charge in [0, 0.05) is 22.7 Å². The molecule has 1 heterocycles. The van der Waals surface area contributed by atoms with E-state index >= 15 is 0 Å². The monoisotopic (exact) mass is 317 g/mol. The number of allylic oxidation sites excluding steroid dienone is 1. The molecule has 2 aromatic rings. The van der Waals surface area contributed by atoms with Gasteiger partial charge in [0.25, 0.3) is 0 Å². The molecule has 0 saturated heterocycles. The number of carbonyl (C=O) groups excluding carboxylic acids is 1. The van der Waals surface area contributed by atoms with Crippen LogP contribution in [0.3, 0.4) is 0 Å². The summed E-state index contributed by atoms with van der Waals surface area (Å²) in [5.74, 6) is -2.16. The number of Topliss-reactive ketones (excluding diaryl/α,β-unsaturated/α-hetero) is 1. The molecule has 4 heteroatoms. The number of carboxylic acid groups (broad SMARTS) is 1. The molecule has 1 aliphatic carbocycles. The number of fused-ring (bicyclic) bond motifs is 3. The SMILES string of the molecule is CC1=C(C(=O)O)C(c2ccccc2)C2C(=O)c3ccccc3C2=N1. The first kappa shape index (κ1) is 14.6. The van der Waals surface area contributed by atoms with Gasteiger partial charge in [0.2, 0.25) is 0 Å². The summed E-state index contributed by atoms with van der Waals surface area (Å²) in [6.07, 6.45) is 0. The molecule has 0 aromatic heterocycles. The summed E-state index contributed by atoms with van der Waals surface area (Å²) in [7, 11) is 0. The van der Waals surface area contributed by atoms with Crippen molar-refractivity contribution in [3.63, 3.8) is 0 Å². The van der Waals surface area contributed by atoms with Crippen molar-refractivity contribution in [1.82, 2.24) is 0 Å². The van der Waals surface area contributed by atoms with E-state index in [-0.39, 0.29) is 11.4 Å². The summed E-state index contributed by atoms with van der Waals surface area (Å²) < 4.78 is 0. The average molecular weight is 317 g/mol. The number of aliphatic carboxylic acids is 1. The molecular weight excluding hydrogens is 302 g/mol. The molecule has 4 nitrogen and oxygen atoms in total. The highest BCUT2D eigenvalue weighted by atomic mass is 16.4.